The zero-order chi connectivity index (χ0) is 21.3. The van der Waals surface area contributed by atoms with E-state index in [9.17, 15) is 9.18 Å². The zero-order valence-electron chi connectivity index (χ0n) is 17.1. The molecule has 0 fully saturated rings. The van der Waals surface area contributed by atoms with Crippen molar-refractivity contribution in [3.8, 4) is 11.3 Å². The van der Waals surface area contributed by atoms with Crippen molar-refractivity contribution in [1.82, 2.24) is 19.8 Å². The summed E-state index contributed by atoms with van der Waals surface area (Å²) < 4.78 is 13.2. The molecule has 2 aromatic heterocycles. The van der Waals surface area contributed by atoms with Gasteiger partial charge < -0.3 is 15.5 Å². The van der Waals surface area contributed by atoms with Gasteiger partial charge in [-0.25, -0.2) is 4.39 Å². The minimum atomic E-state index is -0.305. The molecule has 0 unspecified atom stereocenters. The number of amides is 1. The number of carbonyl (C=O) groups excluding carboxylic acids is 1. The minimum Gasteiger partial charge on any atom is -0.397 e. The minimum absolute atomic E-state index is 0.0439. The van der Waals surface area contributed by atoms with Crippen LogP contribution in [0, 0.1) is 5.82 Å². The van der Waals surface area contributed by atoms with Gasteiger partial charge in [0, 0.05) is 24.8 Å². The summed E-state index contributed by atoms with van der Waals surface area (Å²) in [7, 11) is 4.03. The van der Waals surface area contributed by atoms with Crippen LogP contribution in [0.2, 0.25) is 0 Å². The van der Waals surface area contributed by atoms with Crippen molar-refractivity contribution in [2.75, 3.05) is 19.8 Å². The molecule has 1 aromatic carbocycles. The highest BCUT2D eigenvalue weighted by Gasteiger charge is 2.25. The Morgan fingerprint density at radius 3 is 2.67 bits per heavy atom. The molecule has 30 heavy (non-hydrogen) atoms. The molecule has 0 bridgehead atoms. The first-order valence-corrected chi connectivity index (χ1v) is 9.79. The molecule has 1 aliphatic heterocycles. The summed E-state index contributed by atoms with van der Waals surface area (Å²) in [5.41, 5.74) is 11.7. The lowest BCUT2D eigenvalue weighted by molar-refractivity contribution is -0.131. The maximum absolute atomic E-state index is 13.2. The molecule has 0 saturated carbocycles. The van der Waals surface area contributed by atoms with Crippen molar-refractivity contribution in [1.29, 1.82) is 0 Å². The number of rotatable bonds is 5. The lowest BCUT2D eigenvalue weighted by atomic mass is 10.1. The predicted molar refractivity (Wildman–Crippen MR) is 114 cm³/mol. The molecule has 0 saturated heterocycles. The van der Waals surface area contributed by atoms with Gasteiger partial charge in [-0.15, -0.1) is 0 Å². The van der Waals surface area contributed by atoms with Gasteiger partial charge in [0.2, 0.25) is 5.91 Å². The molecule has 0 atom stereocenters. The Balaban J connectivity index is 1.49. The van der Waals surface area contributed by atoms with Gasteiger partial charge in [-0.2, -0.15) is 0 Å². The third-order valence-electron chi connectivity index (χ3n) is 5.14. The molecule has 1 aliphatic rings. The number of carbonyl (C=O) groups is 1. The summed E-state index contributed by atoms with van der Waals surface area (Å²) in [5, 5.41) is 0. The van der Waals surface area contributed by atoms with Gasteiger partial charge >= 0.3 is 0 Å². The summed E-state index contributed by atoms with van der Waals surface area (Å²) >= 11 is 0. The van der Waals surface area contributed by atoms with Crippen LogP contribution in [0.4, 0.5) is 10.1 Å². The molecule has 0 radical (unpaired) electrons. The van der Waals surface area contributed by atoms with E-state index in [2.05, 4.69) is 20.9 Å². The number of halogens is 1. The Kier molecular flexibility index (Phi) is 5.46. The monoisotopic (exact) mass is 405 g/mol. The lowest BCUT2D eigenvalue weighted by Gasteiger charge is -2.16. The molecule has 2 N–H and O–H groups in total. The van der Waals surface area contributed by atoms with Crippen LogP contribution in [0.25, 0.3) is 11.3 Å². The molecule has 154 valence electrons. The largest absolute Gasteiger partial charge is 0.397 e. The first kappa shape index (κ1) is 20.0. The highest BCUT2D eigenvalue weighted by molar-refractivity contribution is 5.80. The third-order valence-corrected chi connectivity index (χ3v) is 5.14. The van der Waals surface area contributed by atoms with Crippen molar-refractivity contribution in [3.05, 3.63) is 77.0 Å². The van der Waals surface area contributed by atoms with Crippen molar-refractivity contribution in [3.63, 3.8) is 0 Å². The lowest BCUT2D eigenvalue weighted by Crippen LogP contribution is -2.27. The number of nitrogen functional groups attached to an aromatic ring is 1. The molecular formula is C23H24FN5O. The summed E-state index contributed by atoms with van der Waals surface area (Å²) in [4.78, 5) is 25.9. The number of hydrogen-bond donors (Lipinski definition) is 1. The fourth-order valence-corrected chi connectivity index (χ4v) is 3.63. The Morgan fingerprint density at radius 2 is 1.93 bits per heavy atom. The van der Waals surface area contributed by atoms with E-state index in [1.807, 2.05) is 20.3 Å². The standard InChI is InChI=1S/C23H24FN5O/c1-28(2)12-15-9-17-13-29(14-22(17)26-11-15)23(30)10-21-19(25)7-8-20(27-21)16-3-5-18(24)6-4-16/h3-9,11H,10,12-14,25H2,1-2H3. The average Bonchev–Trinajstić information content (AvgIpc) is 3.13. The van der Waals surface area contributed by atoms with E-state index in [0.717, 1.165) is 28.9 Å². The van der Waals surface area contributed by atoms with Crippen LogP contribution in [-0.2, 0) is 30.8 Å². The van der Waals surface area contributed by atoms with E-state index >= 15 is 0 Å². The number of nitrogens with zero attached hydrogens (tertiary/aromatic N) is 4. The zero-order valence-corrected chi connectivity index (χ0v) is 17.1. The Bertz CT molecular complexity index is 1080. The summed E-state index contributed by atoms with van der Waals surface area (Å²) in [6.45, 7) is 1.85. The molecule has 3 heterocycles. The summed E-state index contributed by atoms with van der Waals surface area (Å²) in [5.74, 6) is -0.349. The van der Waals surface area contributed by atoms with Crippen LogP contribution in [0.5, 0.6) is 0 Å². The first-order chi connectivity index (χ1) is 14.4. The normalized spacial score (nSPS) is 13.0. The average molecular weight is 405 g/mol. The molecule has 0 aliphatic carbocycles. The molecule has 4 rings (SSSR count). The van der Waals surface area contributed by atoms with Gasteiger partial charge in [-0.3, -0.25) is 14.8 Å². The maximum Gasteiger partial charge on any atom is 0.229 e. The van der Waals surface area contributed by atoms with Gasteiger partial charge in [0.15, 0.2) is 0 Å². The Morgan fingerprint density at radius 1 is 1.17 bits per heavy atom. The van der Waals surface area contributed by atoms with Gasteiger partial charge in [-0.1, -0.05) is 0 Å². The maximum atomic E-state index is 13.2. The number of nitrogens with two attached hydrogens (primary N) is 1. The summed E-state index contributed by atoms with van der Waals surface area (Å²) in [6, 6.07) is 11.7. The summed E-state index contributed by atoms with van der Waals surface area (Å²) in [6.07, 6.45) is 1.98. The molecule has 6 nitrogen and oxygen atoms in total. The van der Waals surface area contributed by atoms with E-state index in [0.29, 0.717) is 30.2 Å². The molecule has 7 heteroatoms. The van der Waals surface area contributed by atoms with Crippen molar-refractivity contribution in [2.24, 2.45) is 0 Å². The van der Waals surface area contributed by atoms with E-state index < -0.39 is 0 Å². The molecule has 0 spiro atoms. The van der Waals surface area contributed by atoms with Crippen LogP contribution in [-0.4, -0.2) is 39.8 Å². The van der Waals surface area contributed by atoms with Crippen LogP contribution in [0.15, 0.2) is 48.7 Å². The van der Waals surface area contributed by atoms with Gasteiger partial charge in [0.1, 0.15) is 5.82 Å². The number of anilines is 1. The number of pyridine rings is 2. The smallest absolute Gasteiger partial charge is 0.229 e. The predicted octanol–water partition coefficient (Wildman–Crippen LogP) is 3.01. The number of hydrogen-bond acceptors (Lipinski definition) is 5. The second-order valence-corrected chi connectivity index (χ2v) is 7.85. The van der Waals surface area contributed by atoms with Crippen LogP contribution in [0.1, 0.15) is 22.5 Å². The van der Waals surface area contributed by atoms with Crippen molar-refractivity contribution >= 4 is 11.6 Å². The van der Waals surface area contributed by atoms with E-state index in [-0.39, 0.29) is 18.1 Å². The van der Waals surface area contributed by atoms with Gasteiger partial charge in [0.25, 0.3) is 0 Å². The van der Waals surface area contributed by atoms with Crippen molar-refractivity contribution in [2.45, 2.75) is 26.1 Å². The topological polar surface area (TPSA) is 75.4 Å². The van der Waals surface area contributed by atoms with Crippen molar-refractivity contribution < 1.29 is 9.18 Å². The second kappa shape index (κ2) is 8.20. The highest BCUT2D eigenvalue weighted by atomic mass is 19.1. The van der Waals surface area contributed by atoms with Gasteiger partial charge in [0.05, 0.1) is 35.7 Å². The van der Waals surface area contributed by atoms with E-state index in [1.54, 1.807) is 29.2 Å². The number of fused-ring (bicyclic) bond motifs is 1. The fraction of sp³-hybridized carbons (Fsp3) is 0.261. The third kappa shape index (κ3) is 4.31. The Hall–Kier alpha value is -3.32. The molecule has 1 amide bonds. The fourth-order valence-electron chi connectivity index (χ4n) is 3.63. The quantitative estimate of drug-likeness (QED) is 0.706. The van der Waals surface area contributed by atoms with Crippen LogP contribution in [0.3, 0.4) is 0 Å². The van der Waals surface area contributed by atoms with E-state index in [1.165, 1.54) is 12.1 Å². The highest BCUT2D eigenvalue weighted by Crippen LogP contribution is 2.25. The Labute approximate surface area is 175 Å². The van der Waals surface area contributed by atoms with Gasteiger partial charge in [-0.05, 0) is 67.7 Å². The van der Waals surface area contributed by atoms with Crippen LogP contribution >= 0.6 is 0 Å². The second-order valence-electron chi connectivity index (χ2n) is 7.85. The number of benzene rings is 1. The van der Waals surface area contributed by atoms with E-state index in [4.69, 9.17) is 5.73 Å². The van der Waals surface area contributed by atoms with Crippen LogP contribution < -0.4 is 5.73 Å². The molecular weight excluding hydrogens is 381 g/mol. The number of aromatic nitrogens is 2. The first-order valence-electron chi connectivity index (χ1n) is 9.79. The SMILES string of the molecule is CN(C)Cc1cnc2c(c1)CN(C(=O)Cc1nc(-c3ccc(F)cc3)ccc1N)C2. The molecule has 3 aromatic rings.